The molecular weight excluding hydrogens is 116 g/mol. The number of aliphatic hydroxyl groups is 1. The van der Waals surface area contributed by atoms with Crippen LogP contribution in [0.25, 0.3) is 0 Å². The molecule has 0 heterocycles. The molecule has 0 radical (unpaired) electrons. The van der Waals surface area contributed by atoms with E-state index in [0.717, 1.165) is 12.8 Å². The minimum absolute atomic E-state index is 0.0231. The van der Waals surface area contributed by atoms with Crippen molar-refractivity contribution >= 4 is 5.78 Å². The molecule has 1 aliphatic carbocycles. The van der Waals surface area contributed by atoms with Gasteiger partial charge in [0.1, 0.15) is 5.78 Å². The molecule has 1 N–H and O–H groups in total. The summed E-state index contributed by atoms with van der Waals surface area (Å²) in [5, 5.41) is 8.38. The predicted molar refractivity (Wildman–Crippen MR) is 34.1 cm³/mol. The zero-order chi connectivity index (χ0) is 6.69. The topological polar surface area (TPSA) is 37.3 Å². The first-order chi connectivity index (χ1) is 4.34. The van der Waals surface area contributed by atoms with Gasteiger partial charge in [0.2, 0.25) is 0 Å². The van der Waals surface area contributed by atoms with Crippen LogP contribution in [0.15, 0.2) is 0 Å². The molecule has 1 saturated carbocycles. The first-order valence-corrected chi connectivity index (χ1v) is 3.48. The van der Waals surface area contributed by atoms with Crippen LogP contribution in [0.5, 0.6) is 0 Å². The van der Waals surface area contributed by atoms with Gasteiger partial charge in [-0.05, 0) is 12.8 Å². The van der Waals surface area contributed by atoms with E-state index in [0.29, 0.717) is 12.3 Å². The Morgan fingerprint density at radius 2 is 2.22 bits per heavy atom. The normalized spacial score (nSPS) is 19.2. The minimum Gasteiger partial charge on any atom is -0.396 e. The molecule has 52 valence electrons. The Morgan fingerprint density at radius 3 is 2.56 bits per heavy atom. The van der Waals surface area contributed by atoms with Crippen molar-refractivity contribution in [1.29, 1.82) is 0 Å². The van der Waals surface area contributed by atoms with Crippen LogP contribution >= 0.6 is 0 Å². The highest BCUT2D eigenvalue weighted by molar-refractivity contribution is 5.81. The number of hydrogen-bond donors (Lipinski definition) is 1. The smallest absolute Gasteiger partial charge is 0.138 e. The fourth-order valence-electron chi connectivity index (χ4n) is 1.04. The van der Waals surface area contributed by atoms with E-state index in [1.54, 1.807) is 0 Å². The molecule has 0 aromatic carbocycles. The zero-order valence-corrected chi connectivity index (χ0v) is 5.47. The van der Waals surface area contributed by atoms with Crippen molar-refractivity contribution in [3.05, 3.63) is 0 Å². The number of aliphatic hydroxyl groups excluding tert-OH is 1. The lowest BCUT2D eigenvalue weighted by molar-refractivity contribution is -0.125. The second-order valence-corrected chi connectivity index (χ2v) is 2.57. The third kappa shape index (κ3) is 1.52. The lowest BCUT2D eigenvalue weighted by atomic mass is 9.81. The highest BCUT2D eigenvalue weighted by Crippen LogP contribution is 2.27. The van der Waals surface area contributed by atoms with Gasteiger partial charge in [-0.25, -0.2) is 0 Å². The molecule has 0 unspecified atom stereocenters. The third-order valence-corrected chi connectivity index (χ3v) is 1.92. The van der Waals surface area contributed by atoms with Crippen LogP contribution in [0.2, 0.25) is 0 Å². The Kier molecular flexibility index (Phi) is 2.22. The van der Waals surface area contributed by atoms with Crippen LogP contribution < -0.4 is 0 Å². The van der Waals surface area contributed by atoms with E-state index in [1.807, 2.05) is 0 Å². The summed E-state index contributed by atoms with van der Waals surface area (Å²) in [7, 11) is 0. The first-order valence-electron chi connectivity index (χ1n) is 3.48. The maximum Gasteiger partial charge on any atom is 0.138 e. The van der Waals surface area contributed by atoms with Crippen LogP contribution in [-0.2, 0) is 4.79 Å². The van der Waals surface area contributed by atoms with Crippen LogP contribution in [-0.4, -0.2) is 17.5 Å². The maximum absolute atomic E-state index is 10.9. The Hall–Kier alpha value is -0.370. The third-order valence-electron chi connectivity index (χ3n) is 1.92. The van der Waals surface area contributed by atoms with Crippen molar-refractivity contribution in [3.8, 4) is 0 Å². The molecular formula is C7H12O2. The average Bonchev–Trinajstić information content (AvgIpc) is 1.60. The van der Waals surface area contributed by atoms with Crippen LogP contribution in [0.3, 0.4) is 0 Å². The van der Waals surface area contributed by atoms with Crippen molar-refractivity contribution in [1.82, 2.24) is 0 Å². The van der Waals surface area contributed by atoms with Crippen molar-refractivity contribution in [3.63, 3.8) is 0 Å². The maximum atomic E-state index is 10.9. The molecule has 0 aromatic heterocycles. The summed E-state index contributed by atoms with van der Waals surface area (Å²) in [5.41, 5.74) is 0. The molecule has 0 aromatic rings. The Morgan fingerprint density at radius 1 is 1.56 bits per heavy atom. The van der Waals surface area contributed by atoms with Crippen molar-refractivity contribution in [2.75, 3.05) is 6.61 Å². The molecule has 2 nitrogen and oxygen atoms in total. The Labute approximate surface area is 54.9 Å². The van der Waals surface area contributed by atoms with E-state index in [9.17, 15) is 4.79 Å². The summed E-state index contributed by atoms with van der Waals surface area (Å²) >= 11 is 0. The highest BCUT2D eigenvalue weighted by atomic mass is 16.3. The molecule has 0 aliphatic heterocycles. The summed E-state index contributed by atoms with van der Waals surface area (Å²) in [6, 6.07) is 0. The van der Waals surface area contributed by atoms with Crippen molar-refractivity contribution < 1.29 is 9.90 Å². The van der Waals surface area contributed by atoms with Gasteiger partial charge in [0.25, 0.3) is 0 Å². The molecule has 0 atom stereocenters. The van der Waals surface area contributed by atoms with E-state index >= 15 is 0 Å². The zero-order valence-electron chi connectivity index (χ0n) is 5.47. The molecule has 0 saturated heterocycles. The number of carbonyl (C=O) groups excluding carboxylic acids is 1. The molecule has 0 spiro atoms. The fraction of sp³-hybridized carbons (Fsp3) is 0.857. The monoisotopic (exact) mass is 128 g/mol. The van der Waals surface area contributed by atoms with Gasteiger partial charge in [-0.1, -0.05) is 6.42 Å². The molecule has 2 heteroatoms. The standard InChI is InChI=1S/C7H12O2/c8-5-4-7(9)6-2-1-3-6/h6,8H,1-5H2. The van der Waals surface area contributed by atoms with Crippen LogP contribution in [0.1, 0.15) is 25.7 Å². The highest BCUT2D eigenvalue weighted by Gasteiger charge is 2.23. The summed E-state index contributed by atoms with van der Waals surface area (Å²) < 4.78 is 0. The molecule has 0 amide bonds. The van der Waals surface area contributed by atoms with Gasteiger partial charge in [0.15, 0.2) is 0 Å². The van der Waals surface area contributed by atoms with Crippen molar-refractivity contribution in [2.24, 2.45) is 5.92 Å². The fourth-order valence-corrected chi connectivity index (χ4v) is 1.04. The SMILES string of the molecule is O=C(CCO)C1CCC1. The van der Waals surface area contributed by atoms with E-state index < -0.39 is 0 Å². The predicted octanol–water partition coefficient (Wildman–Crippen LogP) is 0.738. The second-order valence-electron chi connectivity index (χ2n) is 2.57. The van der Waals surface area contributed by atoms with E-state index in [1.165, 1.54) is 6.42 Å². The number of carbonyl (C=O) groups is 1. The number of hydrogen-bond acceptors (Lipinski definition) is 2. The van der Waals surface area contributed by atoms with Gasteiger partial charge in [0.05, 0.1) is 0 Å². The summed E-state index contributed by atoms with van der Waals surface area (Å²) in [6.45, 7) is 0.0231. The number of Topliss-reactive ketones (excluding diaryl/α,β-unsaturated/α-hetero) is 1. The Balaban J connectivity index is 2.16. The second kappa shape index (κ2) is 2.97. The largest absolute Gasteiger partial charge is 0.396 e. The quantitative estimate of drug-likeness (QED) is 0.608. The van der Waals surface area contributed by atoms with Gasteiger partial charge in [0, 0.05) is 18.9 Å². The van der Waals surface area contributed by atoms with Crippen LogP contribution in [0, 0.1) is 5.92 Å². The van der Waals surface area contributed by atoms with E-state index in [-0.39, 0.29) is 12.4 Å². The van der Waals surface area contributed by atoms with E-state index in [2.05, 4.69) is 0 Å². The summed E-state index contributed by atoms with van der Waals surface area (Å²) in [6.07, 6.45) is 3.67. The molecule has 1 aliphatic rings. The van der Waals surface area contributed by atoms with Gasteiger partial charge < -0.3 is 5.11 Å². The lowest BCUT2D eigenvalue weighted by Gasteiger charge is -2.23. The molecule has 0 bridgehead atoms. The minimum atomic E-state index is 0.0231. The van der Waals surface area contributed by atoms with Gasteiger partial charge in [-0.15, -0.1) is 0 Å². The van der Waals surface area contributed by atoms with Gasteiger partial charge in [-0.2, -0.15) is 0 Å². The van der Waals surface area contributed by atoms with Gasteiger partial charge >= 0.3 is 0 Å². The summed E-state index contributed by atoms with van der Waals surface area (Å²) in [4.78, 5) is 10.9. The van der Waals surface area contributed by atoms with Gasteiger partial charge in [-0.3, -0.25) is 4.79 Å². The van der Waals surface area contributed by atoms with E-state index in [4.69, 9.17) is 5.11 Å². The number of ketones is 1. The lowest BCUT2D eigenvalue weighted by Crippen LogP contribution is -2.22. The number of rotatable bonds is 3. The molecule has 1 rings (SSSR count). The van der Waals surface area contributed by atoms with Crippen molar-refractivity contribution in [2.45, 2.75) is 25.7 Å². The summed E-state index contributed by atoms with van der Waals surface area (Å²) in [5.74, 6) is 0.556. The molecule has 9 heavy (non-hydrogen) atoms. The first kappa shape index (κ1) is 6.75. The average molecular weight is 128 g/mol. The van der Waals surface area contributed by atoms with Crippen LogP contribution in [0.4, 0.5) is 0 Å². The molecule has 1 fully saturated rings. The Bertz CT molecular complexity index is 105.